The highest BCUT2D eigenvalue weighted by Gasteiger charge is 2.25. The third-order valence-electron chi connectivity index (χ3n) is 5.14. The lowest BCUT2D eigenvalue weighted by Crippen LogP contribution is -3.13. The Morgan fingerprint density at radius 3 is 2.39 bits per heavy atom. The van der Waals surface area contributed by atoms with Crippen LogP contribution in [0.4, 0.5) is 0 Å². The van der Waals surface area contributed by atoms with Gasteiger partial charge in [-0.15, -0.1) is 0 Å². The first-order valence-corrected chi connectivity index (χ1v) is 9.56. The summed E-state index contributed by atoms with van der Waals surface area (Å²) in [5.74, 6) is 1.60. The summed E-state index contributed by atoms with van der Waals surface area (Å²) < 4.78 is 15.9. The van der Waals surface area contributed by atoms with Gasteiger partial charge in [-0.3, -0.25) is 4.79 Å². The van der Waals surface area contributed by atoms with Crippen molar-refractivity contribution < 1.29 is 23.9 Å². The van der Waals surface area contributed by atoms with E-state index in [0.717, 1.165) is 55.3 Å². The number of piperazine rings is 1. The Morgan fingerprint density at radius 1 is 0.964 bits per heavy atom. The summed E-state index contributed by atoms with van der Waals surface area (Å²) >= 11 is 0. The molecule has 0 unspecified atom stereocenters. The Balaban J connectivity index is 1.57. The van der Waals surface area contributed by atoms with Crippen LogP contribution in [0.15, 0.2) is 42.5 Å². The summed E-state index contributed by atoms with van der Waals surface area (Å²) in [6, 6.07) is 13.8. The maximum atomic E-state index is 12.8. The van der Waals surface area contributed by atoms with Gasteiger partial charge in [-0.1, -0.05) is 12.1 Å². The molecule has 0 bridgehead atoms. The number of hydrogen-bond acceptors (Lipinski definition) is 4. The van der Waals surface area contributed by atoms with E-state index in [0.29, 0.717) is 6.61 Å². The fraction of sp³-hybridized carbons (Fsp3) is 0.409. The Bertz CT molecular complexity index is 801. The van der Waals surface area contributed by atoms with Crippen LogP contribution in [0.25, 0.3) is 0 Å². The molecule has 3 rings (SSSR count). The molecule has 150 valence electrons. The van der Waals surface area contributed by atoms with Gasteiger partial charge in [0.2, 0.25) is 0 Å². The number of quaternary nitrogens is 1. The number of carbonyl (C=O) groups is 1. The van der Waals surface area contributed by atoms with Crippen LogP contribution in [0, 0.1) is 0 Å². The molecule has 0 aliphatic carbocycles. The predicted octanol–water partition coefficient (Wildman–Crippen LogP) is 1.39. The molecule has 6 heteroatoms. The first-order valence-electron chi connectivity index (χ1n) is 9.56. The standard InChI is InChI=1S/C22H28N2O4/c1-26-16-18-5-4-6-19(13-18)22(25)24-11-9-23(10-12-24)15-17-7-8-20(27-2)21(14-17)28-3/h4-8,13-14H,9-12,15-16H2,1-3H3/p+1. The van der Waals surface area contributed by atoms with Gasteiger partial charge in [-0.25, -0.2) is 0 Å². The van der Waals surface area contributed by atoms with Crippen LogP contribution in [-0.4, -0.2) is 58.3 Å². The van der Waals surface area contributed by atoms with Crippen LogP contribution in [0.1, 0.15) is 21.5 Å². The number of ether oxygens (including phenoxy) is 3. The maximum Gasteiger partial charge on any atom is 0.254 e. The highest BCUT2D eigenvalue weighted by molar-refractivity contribution is 5.94. The third kappa shape index (κ3) is 4.82. The van der Waals surface area contributed by atoms with Gasteiger partial charge in [-0.05, 0) is 35.9 Å². The van der Waals surface area contributed by atoms with Crippen molar-refractivity contribution in [2.24, 2.45) is 0 Å². The summed E-state index contributed by atoms with van der Waals surface area (Å²) in [5, 5.41) is 0. The van der Waals surface area contributed by atoms with Crippen molar-refractivity contribution in [3.8, 4) is 11.5 Å². The maximum absolute atomic E-state index is 12.8. The van der Waals surface area contributed by atoms with Gasteiger partial charge in [0, 0.05) is 18.2 Å². The molecule has 1 heterocycles. The van der Waals surface area contributed by atoms with Gasteiger partial charge in [0.1, 0.15) is 6.54 Å². The van der Waals surface area contributed by atoms with Crippen LogP contribution in [0.5, 0.6) is 11.5 Å². The summed E-state index contributed by atoms with van der Waals surface area (Å²) in [7, 11) is 4.96. The molecule has 28 heavy (non-hydrogen) atoms. The minimum absolute atomic E-state index is 0.100. The lowest BCUT2D eigenvalue weighted by molar-refractivity contribution is -0.917. The average molecular weight is 385 g/mol. The van der Waals surface area contributed by atoms with E-state index in [2.05, 4.69) is 6.07 Å². The molecule has 0 spiro atoms. The number of benzene rings is 2. The smallest absolute Gasteiger partial charge is 0.254 e. The van der Waals surface area contributed by atoms with Crippen molar-refractivity contribution in [1.82, 2.24) is 4.90 Å². The summed E-state index contributed by atoms with van der Waals surface area (Å²) in [6.45, 7) is 4.80. The fourth-order valence-electron chi connectivity index (χ4n) is 3.63. The molecule has 1 aliphatic heterocycles. The first-order chi connectivity index (χ1) is 13.6. The number of nitrogens with zero attached hydrogens (tertiary/aromatic N) is 1. The van der Waals surface area contributed by atoms with E-state index in [1.807, 2.05) is 41.3 Å². The predicted molar refractivity (Wildman–Crippen MR) is 107 cm³/mol. The summed E-state index contributed by atoms with van der Waals surface area (Å²) in [6.07, 6.45) is 0. The molecular weight excluding hydrogens is 356 g/mol. The van der Waals surface area contributed by atoms with Gasteiger partial charge in [0.15, 0.2) is 11.5 Å². The quantitative estimate of drug-likeness (QED) is 0.783. The monoisotopic (exact) mass is 385 g/mol. The second-order valence-electron chi connectivity index (χ2n) is 7.04. The van der Waals surface area contributed by atoms with Gasteiger partial charge in [-0.2, -0.15) is 0 Å². The van der Waals surface area contributed by atoms with Crippen molar-refractivity contribution in [3.05, 3.63) is 59.2 Å². The molecule has 1 saturated heterocycles. The van der Waals surface area contributed by atoms with Gasteiger partial charge < -0.3 is 24.0 Å². The van der Waals surface area contributed by atoms with Crippen molar-refractivity contribution in [1.29, 1.82) is 0 Å². The fourth-order valence-corrected chi connectivity index (χ4v) is 3.63. The Labute approximate surface area is 166 Å². The number of nitrogens with one attached hydrogen (secondary N) is 1. The zero-order chi connectivity index (χ0) is 19.9. The lowest BCUT2D eigenvalue weighted by Gasteiger charge is -2.32. The van der Waals surface area contributed by atoms with E-state index in [9.17, 15) is 4.79 Å². The molecule has 0 atom stereocenters. The molecule has 0 aromatic heterocycles. The zero-order valence-electron chi connectivity index (χ0n) is 16.9. The highest BCUT2D eigenvalue weighted by atomic mass is 16.5. The minimum Gasteiger partial charge on any atom is -0.493 e. The molecule has 1 amide bonds. The van der Waals surface area contributed by atoms with Crippen LogP contribution in [0.3, 0.4) is 0 Å². The normalized spacial score (nSPS) is 14.8. The van der Waals surface area contributed by atoms with Crippen LogP contribution < -0.4 is 14.4 Å². The lowest BCUT2D eigenvalue weighted by atomic mass is 10.1. The average Bonchev–Trinajstić information content (AvgIpc) is 2.74. The van der Waals surface area contributed by atoms with Crippen molar-refractivity contribution in [2.45, 2.75) is 13.2 Å². The topological polar surface area (TPSA) is 52.4 Å². The van der Waals surface area contributed by atoms with Crippen LogP contribution in [0.2, 0.25) is 0 Å². The highest BCUT2D eigenvalue weighted by Crippen LogP contribution is 2.27. The molecule has 0 saturated carbocycles. The third-order valence-corrected chi connectivity index (χ3v) is 5.14. The molecule has 1 aliphatic rings. The van der Waals surface area contributed by atoms with Crippen LogP contribution >= 0.6 is 0 Å². The van der Waals surface area contributed by atoms with E-state index in [1.54, 1.807) is 21.3 Å². The minimum atomic E-state index is 0.100. The SMILES string of the molecule is COCc1cccc(C(=O)N2CC[NH+](Cc3ccc(OC)c(OC)c3)CC2)c1. The van der Waals surface area contributed by atoms with Gasteiger partial charge in [0.05, 0.1) is 47.0 Å². The van der Waals surface area contributed by atoms with Gasteiger partial charge >= 0.3 is 0 Å². The molecule has 2 aromatic rings. The van der Waals surface area contributed by atoms with Crippen molar-refractivity contribution in [3.63, 3.8) is 0 Å². The first kappa shape index (κ1) is 20.2. The van der Waals surface area contributed by atoms with E-state index in [4.69, 9.17) is 14.2 Å². The molecule has 1 fully saturated rings. The second kappa shape index (κ2) is 9.57. The molecule has 2 aromatic carbocycles. The number of carbonyl (C=O) groups excluding carboxylic acids is 1. The van der Waals surface area contributed by atoms with E-state index >= 15 is 0 Å². The van der Waals surface area contributed by atoms with Crippen molar-refractivity contribution >= 4 is 5.91 Å². The number of hydrogen-bond donors (Lipinski definition) is 1. The molecule has 1 N–H and O–H groups in total. The van der Waals surface area contributed by atoms with Gasteiger partial charge in [0.25, 0.3) is 5.91 Å². The van der Waals surface area contributed by atoms with Crippen LogP contribution in [-0.2, 0) is 17.9 Å². The Morgan fingerprint density at radius 2 is 1.71 bits per heavy atom. The zero-order valence-corrected chi connectivity index (χ0v) is 16.9. The Kier molecular flexibility index (Phi) is 6.90. The number of rotatable bonds is 7. The summed E-state index contributed by atoms with van der Waals surface area (Å²) in [4.78, 5) is 16.2. The van der Waals surface area contributed by atoms with Crippen molar-refractivity contribution in [2.75, 3.05) is 47.5 Å². The molecule has 6 nitrogen and oxygen atoms in total. The van der Waals surface area contributed by atoms with E-state index < -0.39 is 0 Å². The summed E-state index contributed by atoms with van der Waals surface area (Å²) in [5.41, 5.74) is 2.96. The molecule has 0 radical (unpaired) electrons. The number of methoxy groups -OCH3 is 3. The Hall–Kier alpha value is -2.57. The largest absolute Gasteiger partial charge is 0.493 e. The molecular formula is C22H29N2O4+. The van der Waals surface area contributed by atoms with E-state index in [-0.39, 0.29) is 5.91 Å². The van der Waals surface area contributed by atoms with E-state index in [1.165, 1.54) is 10.5 Å². The number of amides is 1. The second-order valence-corrected chi connectivity index (χ2v) is 7.04.